The van der Waals surface area contributed by atoms with Crippen LogP contribution in [0, 0.1) is 18.2 Å². The van der Waals surface area contributed by atoms with Gasteiger partial charge in [-0.25, -0.2) is 9.29 Å². The van der Waals surface area contributed by atoms with Crippen molar-refractivity contribution in [3.8, 4) is 18.1 Å². The van der Waals surface area contributed by atoms with Crippen LogP contribution in [-0.4, -0.2) is 24.0 Å². The number of nitrogens with zero attached hydrogens (tertiary/aromatic N) is 2. The highest BCUT2D eigenvalue weighted by atomic mass is 19.1. The van der Waals surface area contributed by atoms with E-state index in [1.54, 1.807) is 4.90 Å². The Hall–Kier alpha value is -3.07. The summed E-state index contributed by atoms with van der Waals surface area (Å²) in [6, 6.07) is 2.60. The van der Waals surface area contributed by atoms with Gasteiger partial charge in [-0.2, -0.15) is 0 Å². The van der Waals surface area contributed by atoms with Gasteiger partial charge >= 0.3 is 0 Å². The van der Waals surface area contributed by atoms with Gasteiger partial charge in [0.05, 0.1) is 23.6 Å². The Labute approximate surface area is 138 Å². The molecule has 6 heteroatoms. The van der Waals surface area contributed by atoms with E-state index in [1.807, 2.05) is 0 Å². The van der Waals surface area contributed by atoms with Gasteiger partial charge in [0, 0.05) is 18.2 Å². The number of carbonyl (C=O) groups excluding carboxylic acids is 2. The highest BCUT2D eigenvalue weighted by Crippen LogP contribution is 2.54. The van der Waals surface area contributed by atoms with E-state index in [0.717, 1.165) is 29.9 Å². The Morgan fingerprint density at radius 1 is 1.25 bits per heavy atom. The maximum Gasteiger partial charge on any atom is 0.258 e. The number of amides is 2. The molecule has 24 heavy (non-hydrogen) atoms. The minimum absolute atomic E-state index is 0.126. The van der Waals surface area contributed by atoms with Gasteiger partial charge in [0.2, 0.25) is 0 Å². The van der Waals surface area contributed by atoms with Crippen molar-refractivity contribution in [3.05, 3.63) is 42.4 Å². The molecular weight excluding hydrogens is 311 g/mol. The van der Waals surface area contributed by atoms with Crippen molar-refractivity contribution in [3.63, 3.8) is 0 Å². The summed E-state index contributed by atoms with van der Waals surface area (Å²) >= 11 is 0. The summed E-state index contributed by atoms with van der Waals surface area (Å²) in [6.07, 6.45) is 9.25. The fourth-order valence-electron chi connectivity index (χ4n) is 3.07. The van der Waals surface area contributed by atoms with Crippen LogP contribution in [0.15, 0.2) is 36.6 Å². The van der Waals surface area contributed by atoms with Gasteiger partial charge in [-0.3, -0.25) is 9.59 Å². The standard InChI is InChI=1S/C18H13FN2O3/c1-3-8-20-11(2)18(6-7-18)24-15-9-12(19)13(10-14(15)20)21-16(22)4-5-17(21)23/h1,4-5,9-10H,2,6-8H2. The Morgan fingerprint density at radius 2 is 1.92 bits per heavy atom. The van der Waals surface area contributed by atoms with Crippen LogP contribution in [0.1, 0.15) is 12.8 Å². The molecule has 0 aromatic heterocycles. The average molecular weight is 324 g/mol. The second kappa shape index (κ2) is 4.71. The third-order valence-corrected chi connectivity index (χ3v) is 4.48. The predicted molar refractivity (Wildman–Crippen MR) is 85.9 cm³/mol. The fraction of sp³-hybridized carbons (Fsp3) is 0.222. The molecule has 0 unspecified atom stereocenters. The molecule has 0 N–H and O–H groups in total. The number of hydrogen-bond donors (Lipinski definition) is 0. The van der Waals surface area contributed by atoms with Crippen LogP contribution in [-0.2, 0) is 9.59 Å². The van der Waals surface area contributed by atoms with E-state index >= 15 is 0 Å². The summed E-state index contributed by atoms with van der Waals surface area (Å²) in [7, 11) is 0. The highest BCUT2D eigenvalue weighted by molar-refractivity contribution is 6.28. The zero-order valence-electron chi connectivity index (χ0n) is 12.7. The maximum atomic E-state index is 14.5. The summed E-state index contributed by atoms with van der Waals surface area (Å²) in [5, 5.41) is 0. The largest absolute Gasteiger partial charge is 0.479 e. The Bertz CT molecular complexity index is 859. The van der Waals surface area contributed by atoms with Crippen molar-refractivity contribution in [2.75, 3.05) is 16.3 Å². The number of carbonyl (C=O) groups is 2. The quantitative estimate of drug-likeness (QED) is 0.618. The van der Waals surface area contributed by atoms with Crippen LogP contribution in [0.25, 0.3) is 0 Å². The summed E-state index contributed by atoms with van der Waals surface area (Å²) in [6.45, 7) is 4.30. The molecule has 2 aliphatic heterocycles. The molecule has 0 saturated heterocycles. The molecule has 0 radical (unpaired) electrons. The van der Waals surface area contributed by atoms with Gasteiger partial charge < -0.3 is 9.64 Å². The predicted octanol–water partition coefficient (Wildman–Crippen LogP) is 2.13. The lowest BCUT2D eigenvalue weighted by Crippen LogP contribution is -2.39. The maximum absolute atomic E-state index is 14.5. The molecule has 1 saturated carbocycles. The molecule has 120 valence electrons. The van der Waals surface area contributed by atoms with Crippen LogP contribution in [0.2, 0.25) is 0 Å². The van der Waals surface area contributed by atoms with Crippen LogP contribution in [0.3, 0.4) is 0 Å². The lowest BCUT2D eigenvalue weighted by molar-refractivity contribution is -0.120. The molecule has 2 amide bonds. The fourth-order valence-corrected chi connectivity index (χ4v) is 3.07. The number of anilines is 2. The van der Waals surface area contributed by atoms with Crippen molar-refractivity contribution in [1.29, 1.82) is 0 Å². The molecule has 1 aromatic carbocycles. The molecule has 2 heterocycles. The van der Waals surface area contributed by atoms with Crippen LogP contribution < -0.4 is 14.5 Å². The number of benzene rings is 1. The van der Waals surface area contributed by atoms with Crippen molar-refractivity contribution in [2.24, 2.45) is 0 Å². The number of rotatable bonds is 2. The molecular formula is C18H13FN2O3. The van der Waals surface area contributed by atoms with Crippen LogP contribution in [0.5, 0.6) is 5.75 Å². The van der Waals surface area contributed by atoms with Crippen molar-refractivity contribution in [2.45, 2.75) is 18.4 Å². The van der Waals surface area contributed by atoms with Crippen LogP contribution >= 0.6 is 0 Å². The van der Waals surface area contributed by atoms with Crippen molar-refractivity contribution < 1.29 is 18.7 Å². The second-order valence-corrected chi connectivity index (χ2v) is 5.95. The van der Waals surface area contributed by atoms with Gasteiger partial charge in [0.1, 0.15) is 11.4 Å². The second-order valence-electron chi connectivity index (χ2n) is 5.95. The number of hydrogen-bond acceptors (Lipinski definition) is 4. The average Bonchev–Trinajstić information content (AvgIpc) is 3.24. The van der Waals surface area contributed by atoms with E-state index in [0.29, 0.717) is 17.1 Å². The summed E-state index contributed by atoms with van der Waals surface area (Å²) < 4.78 is 20.4. The zero-order valence-corrected chi connectivity index (χ0v) is 12.7. The lowest BCUT2D eigenvalue weighted by atomic mass is 10.1. The summed E-state index contributed by atoms with van der Waals surface area (Å²) in [5.74, 6) is 1.01. The topological polar surface area (TPSA) is 49.9 Å². The van der Waals surface area contributed by atoms with Gasteiger partial charge in [-0.15, -0.1) is 6.42 Å². The first-order valence-electron chi connectivity index (χ1n) is 7.46. The van der Waals surface area contributed by atoms with Crippen molar-refractivity contribution >= 4 is 23.2 Å². The Kier molecular flexibility index (Phi) is 2.85. The lowest BCUT2D eigenvalue weighted by Gasteiger charge is -2.38. The van der Waals surface area contributed by atoms with Gasteiger partial charge in [0.25, 0.3) is 11.8 Å². The van der Waals surface area contributed by atoms with E-state index in [-0.39, 0.29) is 12.2 Å². The molecule has 1 fully saturated rings. The summed E-state index contributed by atoms with van der Waals surface area (Å²) in [5.41, 5.74) is 0.569. The number of terminal acetylenes is 1. The first-order valence-corrected chi connectivity index (χ1v) is 7.46. The number of imide groups is 1. The van der Waals surface area contributed by atoms with E-state index in [2.05, 4.69) is 12.5 Å². The Morgan fingerprint density at radius 3 is 2.50 bits per heavy atom. The molecule has 0 atom stereocenters. The van der Waals surface area contributed by atoms with Crippen molar-refractivity contribution in [1.82, 2.24) is 0 Å². The van der Waals surface area contributed by atoms with Crippen LogP contribution in [0.4, 0.5) is 15.8 Å². The van der Waals surface area contributed by atoms with E-state index < -0.39 is 23.2 Å². The third kappa shape index (κ3) is 1.88. The first kappa shape index (κ1) is 14.5. The highest BCUT2D eigenvalue weighted by Gasteiger charge is 2.53. The molecule has 3 aliphatic rings. The monoisotopic (exact) mass is 324 g/mol. The van der Waals surface area contributed by atoms with Gasteiger partial charge in [-0.1, -0.05) is 12.5 Å². The SMILES string of the molecule is C#CCN1C(=C)C2(CC2)Oc2cc(F)c(N3C(=O)C=CC3=O)cc21. The minimum Gasteiger partial charge on any atom is -0.479 e. The number of fused-ring (bicyclic) bond motifs is 1. The molecule has 1 aromatic rings. The summed E-state index contributed by atoms with van der Waals surface area (Å²) in [4.78, 5) is 26.3. The van der Waals surface area contributed by atoms with E-state index in [9.17, 15) is 14.0 Å². The number of ether oxygens (including phenoxy) is 1. The van der Waals surface area contributed by atoms with E-state index in [4.69, 9.17) is 11.2 Å². The van der Waals surface area contributed by atoms with Gasteiger partial charge in [0.15, 0.2) is 5.82 Å². The number of halogens is 1. The van der Waals surface area contributed by atoms with E-state index in [1.165, 1.54) is 12.1 Å². The first-order chi connectivity index (χ1) is 11.5. The minimum atomic E-state index is -0.705. The molecule has 0 bridgehead atoms. The molecule has 5 nitrogen and oxygen atoms in total. The zero-order chi connectivity index (χ0) is 17.1. The Balaban J connectivity index is 1.84. The third-order valence-electron chi connectivity index (χ3n) is 4.48. The molecule has 4 rings (SSSR count). The molecule has 1 aliphatic carbocycles. The molecule has 1 spiro atoms. The normalized spacial score (nSPS) is 20.2. The smallest absolute Gasteiger partial charge is 0.258 e. The van der Waals surface area contributed by atoms with Gasteiger partial charge in [-0.05, 0) is 18.9 Å².